The van der Waals surface area contributed by atoms with Gasteiger partial charge >= 0.3 is 5.97 Å². The highest BCUT2D eigenvalue weighted by molar-refractivity contribution is 5.79. The Morgan fingerprint density at radius 2 is 2.00 bits per heavy atom. The Kier molecular flexibility index (Phi) is 2.67. The average molecular weight is 211 g/mol. The molecule has 4 nitrogen and oxygen atoms in total. The summed E-state index contributed by atoms with van der Waals surface area (Å²) in [5.41, 5.74) is 0. The highest BCUT2D eigenvalue weighted by Crippen LogP contribution is 2.34. The van der Waals surface area contributed by atoms with E-state index in [1.54, 1.807) is 4.90 Å². The molecule has 0 spiro atoms. The molecule has 1 aliphatic carbocycles. The van der Waals surface area contributed by atoms with Crippen LogP contribution in [-0.2, 0) is 9.59 Å². The molecule has 2 rings (SSSR count). The van der Waals surface area contributed by atoms with Gasteiger partial charge in [-0.3, -0.25) is 9.59 Å². The number of aliphatic carboxylic acids is 1. The summed E-state index contributed by atoms with van der Waals surface area (Å²) in [6.45, 7) is 2.92. The van der Waals surface area contributed by atoms with E-state index < -0.39 is 5.97 Å². The zero-order valence-electron chi connectivity index (χ0n) is 8.98. The molecule has 2 fully saturated rings. The fourth-order valence-electron chi connectivity index (χ4n) is 2.19. The van der Waals surface area contributed by atoms with Gasteiger partial charge in [0.25, 0.3) is 0 Å². The van der Waals surface area contributed by atoms with Gasteiger partial charge in [-0.25, -0.2) is 0 Å². The lowest BCUT2D eigenvalue weighted by Gasteiger charge is -2.15. The number of carboxylic acids is 1. The van der Waals surface area contributed by atoms with Gasteiger partial charge < -0.3 is 10.0 Å². The van der Waals surface area contributed by atoms with Crippen LogP contribution in [0.3, 0.4) is 0 Å². The first-order valence-electron chi connectivity index (χ1n) is 5.58. The maximum absolute atomic E-state index is 11.7. The summed E-state index contributed by atoms with van der Waals surface area (Å²) in [4.78, 5) is 24.3. The van der Waals surface area contributed by atoms with Gasteiger partial charge in [0.1, 0.15) is 0 Å². The first kappa shape index (κ1) is 10.5. The minimum atomic E-state index is -0.774. The van der Waals surface area contributed by atoms with E-state index in [2.05, 4.69) is 0 Å². The molecule has 0 aromatic heterocycles. The van der Waals surface area contributed by atoms with Crippen LogP contribution in [0.4, 0.5) is 0 Å². The summed E-state index contributed by atoms with van der Waals surface area (Å²) in [5, 5.41) is 8.94. The molecule has 2 atom stereocenters. The number of rotatable bonds is 3. The molecule has 0 aromatic rings. The van der Waals surface area contributed by atoms with Crippen molar-refractivity contribution in [3.63, 3.8) is 0 Å². The molecule has 4 heteroatoms. The molecule has 1 saturated carbocycles. The Hall–Kier alpha value is -1.06. The van der Waals surface area contributed by atoms with Crippen molar-refractivity contribution in [1.82, 2.24) is 4.90 Å². The van der Waals surface area contributed by atoms with Crippen molar-refractivity contribution in [3.8, 4) is 0 Å². The van der Waals surface area contributed by atoms with E-state index >= 15 is 0 Å². The predicted octanol–water partition coefficient (Wildman–Crippen LogP) is 0.966. The summed E-state index contributed by atoms with van der Waals surface area (Å²) < 4.78 is 0. The van der Waals surface area contributed by atoms with Crippen molar-refractivity contribution in [2.24, 2.45) is 17.8 Å². The van der Waals surface area contributed by atoms with E-state index in [-0.39, 0.29) is 17.7 Å². The molecule has 2 unspecified atom stereocenters. The van der Waals surface area contributed by atoms with Gasteiger partial charge in [0.15, 0.2) is 0 Å². The van der Waals surface area contributed by atoms with Crippen LogP contribution in [-0.4, -0.2) is 35.0 Å². The third kappa shape index (κ3) is 2.30. The quantitative estimate of drug-likeness (QED) is 0.756. The van der Waals surface area contributed by atoms with Gasteiger partial charge in [-0.1, -0.05) is 6.92 Å². The second kappa shape index (κ2) is 3.83. The molecule has 1 amide bonds. The van der Waals surface area contributed by atoms with Crippen molar-refractivity contribution in [3.05, 3.63) is 0 Å². The van der Waals surface area contributed by atoms with Gasteiger partial charge in [-0.15, -0.1) is 0 Å². The third-order valence-corrected chi connectivity index (χ3v) is 3.44. The van der Waals surface area contributed by atoms with E-state index in [9.17, 15) is 9.59 Å². The molecule has 2 aliphatic rings. The Bertz CT molecular complexity index is 286. The third-order valence-electron chi connectivity index (χ3n) is 3.44. The zero-order chi connectivity index (χ0) is 11.0. The summed E-state index contributed by atoms with van der Waals surface area (Å²) in [5.74, 6) is -0.326. The lowest BCUT2D eigenvalue weighted by molar-refractivity contribution is -0.142. The van der Waals surface area contributed by atoms with E-state index in [0.717, 1.165) is 12.8 Å². The lowest BCUT2D eigenvalue weighted by Crippen LogP contribution is -2.30. The van der Waals surface area contributed by atoms with Crippen LogP contribution in [0, 0.1) is 17.8 Å². The Morgan fingerprint density at radius 3 is 2.47 bits per heavy atom. The van der Waals surface area contributed by atoms with Crippen molar-refractivity contribution in [1.29, 1.82) is 0 Å². The molecule has 1 saturated heterocycles. The second-order valence-electron chi connectivity index (χ2n) is 4.87. The number of hydrogen-bond donors (Lipinski definition) is 1. The fraction of sp³-hybridized carbons (Fsp3) is 0.818. The summed E-state index contributed by atoms with van der Waals surface area (Å²) >= 11 is 0. The molecule has 1 N–H and O–H groups in total. The first-order chi connectivity index (χ1) is 7.08. The van der Waals surface area contributed by atoms with Gasteiger partial charge in [0.05, 0.1) is 5.92 Å². The number of nitrogens with zero attached hydrogens (tertiary/aromatic N) is 1. The second-order valence-corrected chi connectivity index (χ2v) is 4.87. The van der Waals surface area contributed by atoms with Crippen LogP contribution in [0.2, 0.25) is 0 Å². The van der Waals surface area contributed by atoms with Crippen LogP contribution < -0.4 is 0 Å². The SMILES string of the molecule is CC1CN(C(=O)CC2CC2)CC1C(=O)O. The Balaban J connectivity index is 1.89. The smallest absolute Gasteiger partial charge is 0.308 e. The van der Waals surface area contributed by atoms with Crippen LogP contribution in [0.25, 0.3) is 0 Å². The number of likely N-dealkylation sites (tertiary alicyclic amines) is 1. The van der Waals surface area contributed by atoms with Crippen LogP contribution in [0.15, 0.2) is 0 Å². The first-order valence-corrected chi connectivity index (χ1v) is 5.58. The van der Waals surface area contributed by atoms with Crippen molar-refractivity contribution in [2.45, 2.75) is 26.2 Å². The number of hydrogen-bond acceptors (Lipinski definition) is 2. The zero-order valence-corrected chi connectivity index (χ0v) is 8.98. The molecule has 0 bridgehead atoms. The van der Waals surface area contributed by atoms with E-state index in [0.29, 0.717) is 25.4 Å². The maximum atomic E-state index is 11.7. The molecule has 84 valence electrons. The number of carbonyl (C=O) groups excluding carboxylic acids is 1. The maximum Gasteiger partial charge on any atom is 0.308 e. The fourth-order valence-corrected chi connectivity index (χ4v) is 2.19. The summed E-state index contributed by atoms with van der Waals surface area (Å²) in [6, 6.07) is 0. The molecular weight excluding hydrogens is 194 g/mol. The largest absolute Gasteiger partial charge is 0.481 e. The molecule has 1 heterocycles. The normalized spacial score (nSPS) is 30.6. The number of carbonyl (C=O) groups is 2. The summed E-state index contributed by atoms with van der Waals surface area (Å²) in [6.07, 6.45) is 2.95. The monoisotopic (exact) mass is 211 g/mol. The van der Waals surface area contributed by atoms with Crippen molar-refractivity contribution >= 4 is 11.9 Å². The average Bonchev–Trinajstić information content (AvgIpc) is 2.86. The Labute approximate surface area is 89.3 Å². The molecule has 0 radical (unpaired) electrons. The van der Waals surface area contributed by atoms with Crippen LogP contribution >= 0.6 is 0 Å². The molecule has 15 heavy (non-hydrogen) atoms. The highest BCUT2D eigenvalue weighted by atomic mass is 16.4. The predicted molar refractivity (Wildman–Crippen MR) is 54.2 cm³/mol. The molecule has 1 aliphatic heterocycles. The standard InChI is InChI=1S/C11H17NO3/c1-7-5-12(6-9(7)11(14)15)10(13)4-8-2-3-8/h7-9H,2-6H2,1H3,(H,14,15). The minimum absolute atomic E-state index is 0.0886. The van der Waals surface area contributed by atoms with E-state index in [1.165, 1.54) is 0 Å². The lowest BCUT2D eigenvalue weighted by atomic mass is 9.99. The van der Waals surface area contributed by atoms with Crippen molar-refractivity contribution in [2.75, 3.05) is 13.1 Å². The van der Waals surface area contributed by atoms with Gasteiger partial charge in [-0.05, 0) is 24.7 Å². The Morgan fingerprint density at radius 1 is 1.33 bits per heavy atom. The number of carboxylic acid groups (broad SMARTS) is 1. The van der Waals surface area contributed by atoms with Crippen molar-refractivity contribution < 1.29 is 14.7 Å². The van der Waals surface area contributed by atoms with Gasteiger partial charge in [-0.2, -0.15) is 0 Å². The van der Waals surface area contributed by atoms with E-state index in [1.807, 2.05) is 6.92 Å². The highest BCUT2D eigenvalue weighted by Gasteiger charge is 2.38. The van der Waals surface area contributed by atoms with Gasteiger partial charge in [0, 0.05) is 19.5 Å². The summed E-state index contributed by atoms with van der Waals surface area (Å²) in [7, 11) is 0. The topological polar surface area (TPSA) is 57.6 Å². The molecular formula is C11H17NO3. The van der Waals surface area contributed by atoms with Crippen LogP contribution in [0.1, 0.15) is 26.2 Å². The molecule has 0 aromatic carbocycles. The minimum Gasteiger partial charge on any atom is -0.481 e. The van der Waals surface area contributed by atoms with Gasteiger partial charge in [0.2, 0.25) is 5.91 Å². The number of amides is 1. The van der Waals surface area contributed by atoms with E-state index in [4.69, 9.17) is 5.11 Å². The van der Waals surface area contributed by atoms with Crippen LogP contribution in [0.5, 0.6) is 0 Å².